The van der Waals surface area contributed by atoms with Crippen LogP contribution in [0.25, 0.3) is 10.2 Å². The van der Waals surface area contributed by atoms with Gasteiger partial charge in [-0.25, -0.2) is 22.9 Å². The Morgan fingerprint density at radius 1 is 0.766 bits per heavy atom. The number of carboxylic acid groups (broad SMARTS) is 1. The molecule has 6 aromatic carbocycles. The van der Waals surface area contributed by atoms with Crippen LogP contribution in [0.15, 0.2) is 161 Å². The number of aromatic nitrogens is 4. The highest BCUT2D eigenvalue weighted by Crippen LogP contribution is 2.41. The lowest BCUT2D eigenvalue weighted by molar-refractivity contribution is -0.387. The summed E-state index contributed by atoms with van der Waals surface area (Å²) >= 11 is 0.964. The zero-order chi connectivity index (χ0) is 54.9. The number of rotatable bonds is 25. The first-order valence-electron chi connectivity index (χ1n) is 23.6. The van der Waals surface area contributed by atoms with Crippen LogP contribution < -0.4 is 29.0 Å². The smallest absolute Gasteiger partial charge is 0.326 e. The molecule has 0 bridgehead atoms. The lowest BCUT2D eigenvalue weighted by Crippen LogP contribution is -2.47. The molecule has 0 aliphatic heterocycles. The van der Waals surface area contributed by atoms with Gasteiger partial charge in [-0.15, -0.1) is 16.4 Å². The fourth-order valence-corrected chi connectivity index (χ4v) is 12.1. The number of hydrogen-bond acceptors (Lipinski definition) is 17. The molecule has 2 heterocycles. The molecule has 8 rings (SSSR count). The number of ether oxygens (including phenoxy) is 4. The lowest BCUT2D eigenvalue weighted by Gasteiger charge is -2.36. The minimum Gasteiger partial charge on any atom is -0.497 e. The standard InChI is InChI=1S/C53H51N7O14S3/c1-34(2)49(50(61)54-45(51(62)63)30-35-14-20-42(21-15-35)72-28-29-74-77(68,69)48-13-9-8-12-46(48)60(64)65)59-32-39(56-58-59)33-73-43-26-27-44-47(31-43)75-52(55-44)76(66,67)57-53(36-10-6-5-7-11-36,37-16-22-40(70-3)23-17-37)38-18-24-41(71-4)25-19-38/h5-27,31-32,34,45,49,57H,28-30,33H2,1-4H3,(H,54,61)(H,62,63)/t45-,49-/m0/s1. The summed E-state index contributed by atoms with van der Waals surface area (Å²) in [4.78, 5) is 40.6. The fourth-order valence-electron chi connectivity index (χ4n) is 8.38. The summed E-state index contributed by atoms with van der Waals surface area (Å²) in [5.41, 5.74) is 1.13. The highest BCUT2D eigenvalue weighted by atomic mass is 32.2. The molecule has 0 saturated heterocycles. The van der Waals surface area contributed by atoms with Crippen molar-refractivity contribution in [1.82, 2.24) is 30.0 Å². The van der Waals surface area contributed by atoms with Crippen molar-refractivity contribution in [2.75, 3.05) is 27.4 Å². The van der Waals surface area contributed by atoms with Crippen LogP contribution >= 0.6 is 11.3 Å². The second-order valence-corrected chi connectivity index (χ2v) is 22.0. The van der Waals surface area contributed by atoms with Gasteiger partial charge in [0.2, 0.25) is 10.2 Å². The Kier molecular flexibility index (Phi) is 16.9. The number of fused-ring (bicyclic) bond motifs is 1. The fraction of sp³-hybridized carbons (Fsp3) is 0.226. The Labute approximate surface area is 446 Å². The number of carbonyl (C=O) groups is 2. The van der Waals surface area contributed by atoms with E-state index in [0.717, 1.165) is 23.5 Å². The maximum atomic E-state index is 14.7. The normalized spacial score (nSPS) is 12.7. The molecule has 8 aromatic rings. The molecule has 0 unspecified atom stereocenters. The van der Waals surface area contributed by atoms with E-state index >= 15 is 0 Å². The maximum Gasteiger partial charge on any atom is 0.326 e. The van der Waals surface area contributed by atoms with E-state index in [1.54, 1.807) is 82.7 Å². The molecular formula is C53H51N7O14S3. The van der Waals surface area contributed by atoms with Crippen LogP contribution in [-0.2, 0) is 52.5 Å². The molecule has 400 valence electrons. The van der Waals surface area contributed by atoms with E-state index in [2.05, 4.69) is 25.3 Å². The molecule has 0 aliphatic rings. The van der Waals surface area contributed by atoms with Crippen LogP contribution in [0.4, 0.5) is 5.69 Å². The summed E-state index contributed by atoms with van der Waals surface area (Å²) in [5, 5.41) is 32.4. The van der Waals surface area contributed by atoms with Gasteiger partial charge in [0, 0.05) is 12.5 Å². The van der Waals surface area contributed by atoms with Crippen molar-refractivity contribution >= 4 is 59.3 Å². The molecule has 21 nitrogen and oxygen atoms in total. The third-order valence-corrected chi connectivity index (χ3v) is 16.3. The van der Waals surface area contributed by atoms with Crippen LogP contribution in [0, 0.1) is 16.0 Å². The molecular weight excluding hydrogens is 1050 g/mol. The number of para-hydroxylation sites is 1. The first-order chi connectivity index (χ1) is 36.9. The number of thiazole rings is 1. The molecule has 77 heavy (non-hydrogen) atoms. The molecule has 0 radical (unpaired) electrons. The molecule has 0 fully saturated rings. The second-order valence-electron chi connectivity index (χ2n) is 17.6. The number of carbonyl (C=O) groups excluding carboxylic acids is 1. The first-order valence-corrected chi connectivity index (χ1v) is 27.3. The van der Waals surface area contributed by atoms with Crippen molar-refractivity contribution < 1.29 is 59.6 Å². The van der Waals surface area contributed by atoms with Gasteiger partial charge >= 0.3 is 16.1 Å². The minimum atomic E-state index is -4.45. The van der Waals surface area contributed by atoms with Crippen molar-refractivity contribution in [1.29, 1.82) is 0 Å². The van der Waals surface area contributed by atoms with Crippen LogP contribution in [0.5, 0.6) is 23.0 Å². The van der Waals surface area contributed by atoms with Gasteiger partial charge in [-0.05, 0) is 88.8 Å². The number of amides is 1. The summed E-state index contributed by atoms with van der Waals surface area (Å²) in [6.45, 7) is 2.79. The number of nitro groups is 1. The Morgan fingerprint density at radius 2 is 1.36 bits per heavy atom. The van der Waals surface area contributed by atoms with Gasteiger partial charge in [0.25, 0.3) is 15.7 Å². The summed E-state index contributed by atoms with van der Waals surface area (Å²) in [7, 11) is -5.70. The molecule has 3 N–H and O–H groups in total. The third kappa shape index (κ3) is 12.7. The average Bonchev–Trinajstić information content (AvgIpc) is 4.13. The van der Waals surface area contributed by atoms with Gasteiger partial charge in [0.05, 0.1) is 35.6 Å². The number of sulfonamides is 1. The Balaban J connectivity index is 0.907. The summed E-state index contributed by atoms with van der Waals surface area (Å²) in [6, 6.07) is 37.2. The molecule has 24 heteroatoms. The van der Waals surface area contributed by atoms with E-state index in [-0.39, 0.29) is 29.9 Å². The molecule has 0 aliphatic carbocycles. The van der Waals surface area contributed by atoms with Gasteiger partial charge in [0.1, 0.15) is 66.1 Å². The SMILES string of the molecule is COc1ccc(C(NS(=O)(=O)c2nc3ccc(OCc4cn([C@H](C(=O)N[C@@H](Cc5ccc(OCCOS(=O)(=O)c6ccccc6[N+](=O)[O-])cc5)C(=O)O)C(C)C)nn4)cc3s2)(c2ccccc2)c2ccc(OC)cc2)cc1. The monoisotopic (exact) mass is 1110 g/mol. The van der Waals surface area contributed by atoms with Crippen molar-refractivity contribution in [3.63, 3.8) is 0 Å². The zero-order valence-corrected chi connectivity index (χ0v) is 44.2. The number of nitrogens with zero attached hydrogens (tertiary/aromatic N) is 5. The van der Waals surface area contributed by atoms with Crippen LogP contribution in [-0.4, -0.2) is 92.2 Å². The van der Waals surface area contributed by atoms with Crippen LogP contribution in [0.1, 0.15) is 47.8 Å². The lowest BCUT2D eigenvalue weighted by atomic mass is 9.78. The van der Waals surface area contributed by atoms with E-state index in [1.807, 2.05) is 54.6 Å². The quantitative estimate of drug-likeness (QED) is 0.0165. The van der Waals surface area contributed by atoms with E-state index < -0.39 is 71.8 Å². The Hall–Kier alpha value is -8.29. The number of methoxy groups -OCH3 is 2. The number of carboxylic acids is 1. The van der Waals surface area contributed by atoms with E-state index in [1.165, 1.54) is 35.1 Å². The van der Waals surface area contributed by atoms with Crippen LogP contribution in [0.2, 0.25) is 0 Å². The number of nitrogens with one attached hydrogen (secondary N) is 2. The van der Waals surface area contributed by atoms with Gasteiger partial charge < -0.3 is 29.4 Å². The number of hydrogen-bond donors (Lipinski definition) is 3. The summed E-state index contributed by atoms with van der Waals surface area (Å²) < 4.78 is 86.7. The van der Waals surface area contributed by atoms with Gasteiger partial charge in [0.15, 0.2) is 4.90 Å². The van der Waals surface area contributed by atoms with Gasteiger partial charge in [-0.1, -0.05) is 97.9 Å². The maximum absolute atomic E-state index is 14.7. The minimum absolute atomic E-state index is 0.0885. The topological polar surface area (TPSA) is 280 Å². The number of aliphatic carboxylic acids is 1. The third-order valence-electron chi connectivity index (χ3n) is 12.1. The van der Waals surface area contributed by atoms with Crippen LogP contribution in [0.3, 0.4) is 0 Å². The van der Waals surface area contributed by atoms with Gasteiger partial charge in [-0.3, -0.25) is 19.1 Å². The van der Waals surface area contributed by atoms with Crippen molar-refractivity contribution in [3.05, 3.63) is 190 Å². The zero-order valence-electron chi connectivity index (χ0n) is 41.7. The van der Waals surface area contributed by atoms with E-state index in [4.69, 9.17) is 23.1 Å². The van der Waals surface area contributed by atoms with E-state index in [9.17, 15) is 41.6 Å². The van der Waals surface area contributed by atoms with Gasteiger partial charge in [-0.2, -0.15) is 13.1 Å². The highest BCUT2D eigenvalue weighted by molar-refractivity contribution is 7.91. The van der Waals surface area contributed by atoms with Crippen molar-refractivity contribution in [2.24, 2.45) is 5.92 Å². The Morgan fingerprint density at radius 3 is 1.97 bits per heavy atom. The molecule has 1 amide bonds. The van der Waals surface area contributed by atoms with Crippen molar-refractivity contribution in [2.45, 2.75) is 53.7 Å². The predicted octanol–water partition coefficient (Wildman–Crippen LogP) is 7.46. The second kappa shape index (κ2) is 23.7. The average molecular weight is 1110 g/mol. The highest BCUT2D eigenvalue weighted by Gasteiger charge is 2.42. The Bertz CT molecular complexity index is 3550. The van der Waals surface area contributed by atoms with E-state index in [0.29, 0.717) is 61.2 Å². The molecule has 0 saturated carbocycles. The summed E-state index contributed by atoms with van der Waals surface area (Å²) in [5.74, 6) is -0.402. The summed E-state index contributed by atoms with van der Waals surface area (Å²) in [6.07, 6.45) is 1.42. The molecule has 0 spiro atoms. The predicted molar refractivity (Wildman–Crippen MR) is 282 cm³/mol. The number of benzene rings is 6. The first kappa shape index (κ1) is 55.0. The molecule has 2 aromatic heterocycles. The number of nitro benzene ring substituents is 1. The molecule has 2 atom stereocenters. The van der Waals surface area contributed by atoms with Crippen molar-refractivity contribution in [3.8, 4) is 23.0 Å². The largest absolute Gasteiger partial charge is 0.497 e.